The maximum atomic E-state index is 6.30. The highest BCUT2D eigenvalue weighted by molar-refractivity contribution is 4.92. The van der Waals surface area contributed by atoms with Gasteiger partial charge in [-0.1, -0.05) is 129 Å². The van der Waals surface area contributed by atoms with Crippen LogP contribution in [0.5, 0.6) is 0 Å². The zero-order valence-corrected chi connectivity index (χ0v) is 27.4. The summed E-state index contributed by atoms with van der Waals surface area (Å²) in [6.45, 7) is 8.01. The number of hydrogen-bond acceptors (Lipinski definition) is 2. The molecular weight excluding hydrogens is 474 g/mol. The summed E-state index contributed by atoms with van der Waals surface area (Å²) >= 11 is 0. The molecule has 0 rings (SSSR count). The quantitative estimate of drug-likeness (QED) is 0.0505. The smallest absolute Gasteiger partial charge is 0.0978 e. The van der Waals surface area contributed by atoms with Gasteiger partial charge in [-0.15, -0.1) is 0 Å². The molecule has 2 nitrogen and oxygen atoms in total. The van der Waals surface area contributed by atoms with E-state index in [2.05, 4.69) is 70.1 Å². The van der Waals surface area contributed by atoms with Crippen molar-refractivity contribution in [2.45, 2.75) is 175 Å². The lowest BCUT2D eigenvalue weighted by Gasteiger charge is -2.18. The summed E-state index contributed by atoms with van der Waals surface area (Å²) < 4.78 is 6.30. The van der Waals surface area contributed by atoms with E-state index < -0.39 is 0 Å². The van der Waals surface area contributed by atoms with E-state index in [0.29, 0.717) is 12.0 Å². The van der Waals surface area contributed by atoms with Crippen molar-refractivity contribution in [3.05, 3.63) is 36.6 Å². The molecule has 0 amide bonds. The van der Waals surface area contributed by atoms with E-state index in [9.17, 15) is 0 Å². The molecule has 0 saturated carbocycles. The third-order valence-electron chi connectivity index (χ3n) is 7.82. The molecule has 0 aromatic rings. The van der Waals surface area contributed by atoms with Crippen LogP contribution < -0.4 is 0 Å². The predicted octanol–water partition coefficient (Wildman–Crippen LogP) is 12.2. The first-order valence-electron chi connectivity index (χ1n) is 17.4. The molecular formula is C37H71NO. The van der Waals surface area contributed by atoms with Gasteiger partial charge in [0.05, 0.1) is 12.4 Å². The minimum atomic E-state index is 0.410. The molecule has 0 spiro atoms. The second-order valence-electron chi connectivity index (χ2n) is 12.3. The summed E-state index contributed by atoms with van der Waals surface area (Å²) in [6, 6.07) is 0. The van der Waals surface area contributed by atoms with Crippen LogP contribution in [0, 0.1) is 5.92 Å². The molecule has 0 aliphatic rings. The average molecular weight is 546 g/mol. The van der Waals surface area contributed by atoms with Gasteiger partial charge in [-0.25, -0.2) is 0 Å². The Hall–Kier alpha value is -1.02. The van der Waals surface area contributed by atoms with Gasteiger partial charge in [0.1, 0.15) is 0 Å². The molecule has 0 saturated heterocycles. The summed E-state index contributed by atoms with van der Waals surface area (Å²) in [5.74, 6) is 0.582. The monoisotopic (exact) mass is 546 g/mol. The van der Waals surface area contributed by atoms with E-state index in [1.54, 1.807) is 0 Å². The highest BCUT2D eigenvalue weighted by Gasteiger charge is 2.09. The van der Waals surface area contributed by atoms with Gasteiger partial charge < -0.3 is 9.64 Å². The maximum absolute atomic E-state index is 6.30. The number of allylic oxidation sites excluding steroid dienone is 5. The van der Waals surface area contributed by atoms with Crippen LogP contribution in [0.2, 0.25) is 0 Å². The number of hydrogen-bond donors (Lipinski definition) is 0. The molecule has 0 aliphatic carbocycles. The van der Waals surface area contributed by atoms with E-state index in [1.165, 1.54) is 141 Å². The standard InChI is InChI=1S/C37H71NO/c1-6-8-10-12-14-16-17-18-19-20-21-22-23-25-27-29-31-37(30-28-26-24-15-13-11-9-7-2)39-35-33-36(3)32-34-38(4)5/h14,16,18-19,33,35-37H,6-13,15,17,20-32,34H2,1-5H3/b16-14-,19-18-,35-33+. The van der Waals surface area contributed by atoms with Crippen molar-refractivity contribution >= 4 is 0 Å². The van der Waals surface area contributed by atoms with Crippen LogP contribution in [0.15, 0.2) is 36.6 Å². The minimum absolute atomic E-state index is 0.410. The van der Waals surface area contributed by atoms with E-state index in [0.717, 1.165) is 13.0 Å². The number of unbranched alkanes of at least 4 members (excludes halogenated alkanes) is 16. The Labute approximate surface area is 247 Å². The topological polar surface area (TPSA) is 12.5 Å². The SMILES string of the molecule is CCCCC/C=C\C/C=C\CCCCCCCCC(CCCCCCCCCC)O/C=C/C(C)CCN(C)C. The Morgan fingerprint density at radius 3 is 1.56 bits per heavy atom. The summed E-state index contributed by atoms with van der Waals surface area (Å²) in [7, 11) is 4.30. The fourth-order valence-electron chi connectivity index (χ4n) is 5.00. The molecule has 230 valence electrons. The third-order valence-corrected chi connectivity index (χ3v) is 7.82. The Morgan fingerprint density at radius 1 is 0.564 bits per heavy atom. The van der Waals surface area contributed by atoms with Crippen molar-refractivity contribution < 1.29 is 4.74 Å². The fourth-order valence-corrected chi connectivity index (χ4v) is 5.00. The largest absolute Gasteiger partial charge is 0.498 e. The zero-order chi connectivity index (χ0) is 28.7. The van der Waals surface area contributed by atoms with Gasteiger partial charge in [-0.3, -0.25) is 0 Å². The van der Waals surface area contributed by atoms with Gasteiger partial charge in [-0.05, 0) is 96.8 Å². The normalized spacial score (nSPS) is 13.9. The van der Waals surface area contributed by atoms with Crippen LogP contribution in [-0.4, -0.2) is 31.6 Å². The average Bonchev–Trinajstić information content (AvgIpc) is 2.92. The molecule has 0 aromatic heterocycles. The van der Waals surface area contributed by atoms with E-state index >= 15 is 0 Å². The van der Waals surface area contributed by atoms with Crippen molar-refractivity contribution in [3.63, 3.8) is 0 Å². The first kappa shape index (κ1) is 38.0. The maximum Gasteiger partial charge on any atom is 0.0978 e. The lowest BCUT2D eigenvalue weighted by molar-refractivity contribution is 0.119. The number of nitrogens with zero attached hydrogens (tertiary/aromatic N) is 1. The predicted molar refractivity (Wildman–Crippen MR) is 178 cm³/mol. The summed E-state index contributed by atoms with van der Waals surface area (Å²) in [5.41, 5.74) is 0. The molecule has 0 aliphatic heterocycles. The number of rotatable bonds is 30. The van der Waals surface area contributed by atoms with E-state index in [-0.39, 0.29) is 0 Å². The Balaban J connectivity index is 4.02. The second kappa shape index (κ2) is 31.5. The number of ether oxygens (including phenoxy) is 1. The van der Waals surface area contributed by atoms with Crippen molar-refractivity contribution in [2.75, 3.05) is 20.6 Å². The Kier molecular flexibility index (Phi) is 30.7. The van der Waals surface area contributed by atoms with E-state index in [1.807, 2.05) is 6.26 Å². The summed E-state index contributed by atoms with van der Waals surface area (Å²) in [6.07, 6.45) is 44.7. The van der Waals surface area contributed by atoms with Gasteiger partial charge in [0.25, 0.3) is 0 Å². The molecule has 39 heavy (non-hydrogen) atoms. The molecule has 0 aromatic carbocycles. The molecule has 0 fully saturated rings. The lowest BCUT2D eigenvalue weighted by atomic mass is 10.0. The van der Waals surface area contributed by atoms with E-state index in [4.69, 9.17) is 4.74 Å². The molecule has 2 unspecified atom stereocenters. The van der Waals surface area contributed by atoms with Gasteiger partial charge >= 0.3 is 0 Å². The van der Waals surface area contributed by atoms with Gasteiger partial charge in [0.2, 0.25) is 0 Å². The van der Waals surface area contributed by atoms with Crippen LogP contribution in [-0.2, 0) is 4.74 Å². The van der Waals surface area contributed by atoms with Crippen LogP contribution in [0.1, 0.15) is 168 Å². The molecule has 0 heterocycles. The first-order valence-corrected chi connectivity index (χ1v) is 17.4. The van der Waals surface area contributed by atoms with Crippen molar-refractivity contribution in [3.8, 4) is 0 Å². The Morgan fingerprint density at radius 2 is 1.03 bits per heavy atom. The van der Waals surface area contributed by atoms with Crippen LogP contribution >= 0.6 is 0 Å². The molecule has 0 radical (unpaired) electrons. The lowest BCUT2D eigenvalue weighted by Crippen LogP contribution is -2.15. The van der Waals surface area contributed by atoms with Crippen LogP contribution in [0.4, 0.5) is 0 Å². The Bertz CT molecular complexity index is 550. The highest BCUT2D eigenvalue weighted by atomic mass is 16.5. The first-order chi connectivity index (χ1) is 19.1. The molecule has 0 bridgehead atoms. The van der Waals surface area contributed by atoms with Gasteiger partial charge in [-0.2, -0.15) is 0 Å². The molecule has 2 atom stereocenters. The van der Waals surface area contributed by atoms with Crippen LogP contribution in [0.25, 0.3) is 0 Å². The minimum Gasteiger partial charge on any atom is -0.498 e. The summed E-state index contributed by atoms with van der Waals surface area (Å²) in [4.78, 5) is 2.27. The third kappa shape index (κ3) is 31.4. The van der Waals surface area contributed by atoms with Crippen molar-refractivity contribution in [2.24, 2.45) is 5.92 Å². The van der Waals surface area contributed by atoms with Crippen molar-refractivity contribution in [1.82, 2.24) is 4.90 Å². The molecule has 0 N–H and O–H groups in total. The zero-order valence-electron chi connectivity index (χ0n) is 27.4. The van der Waals surface area contributed by atoms with Crippen LogP contribution in [0.3, 0.4) is 0 Å². The fraction of sp³-hybridized carbons (Fsp3) is 0.838. The van der Waals surface area contributed by atoms with Gasteiger partial charge in [0.15, 0.2) is 0 Å². The second-order valence-corrected chi connectivity index (χ2v) is 12.3. The highest BCUT2D eigenvalue weighted by Crippen LogP contribution is 2.18. The summed E-state index contributed by atoms with van der Waals surface area (Å²) in [5, 5.41) is 0. The van der Waals surface area contributed by atoms with Crippen molar-refractivity contribution in [1.29, 1.82) is 0 Å². The van der Waals surface area contributed by atoms with Gasteiger partial charge in [0, 0.05) is 0 Å². The molecule has 2 heteroatoms.